The van der Waals surface area contributed by atoms with Crippen molar-refractivity contribution in [1.29, 1.82) is 0 Å². The molecule has 0 radical (unpaired) electrons. The summed E-state index contributed by atoms with van der Waals surface area (Å²) in [5.41, 5.74) is 0.383. The van der Waals surface area contributed by atoms with E-state index in [9.17, 15) is 0 Å². The Balaban J connectivity index is 2.74. The van der Waals surface area contributed by atoms with Gasteiger partial charge in [0, 0.05) is 6.61 Å². The Morgan fingerprint density at radius 1 is 1.67 bits per heavy atom. The number of aliphatic hydroxyl groups is 1. The molecule has 12 heavy (non-hydrogen) atoms. The average Bonchev–Trinajstić information content (AvgIpc) is 1.97. The summed E-state index contributed by atoms with van der Waals surface area (Å²) in [6, 6.07) is 0. The number of allylic oxidation sites excluding steroid dienone is 2. The van der Waals surface area contributed by atoms with Crippen LogP contribution < -0.4 is 0 Å². The van der Waals surface area contributed by atoms with Crippen LogP contribution in [0.15, 0.2) is 9.66 Å². The standard InChI is InChI=1S/C10H17IO/c1-10(2)6-3-4-9(11)8(10)5-7-12/h4,8,12H,3,5-7H2,1-2H3/t8-/m1/s1. The SMILES string of the molecule is CC1(C)CCC=C(I)[C@H]1CCO. The molecule has 0 aromatic rings. The van der Waals surface area contributed by atoms with Crippen LogP contribution in [0.5, 0.6) is 0 Å². The van der Waals surface area contributed by atoms with Gasteiger partial charge >= 0.3 is 0 Å². The molecule has 0 amide bonds. The molecular formula is C10H17IO. The lowest BCUT2D eigenvalue weighted by atomic mass is 9.71. The summed E-state index contributed by atoms with van der Waals surface area (Å²) in [5.74, 6) is 0.580. The van der Waals surface area contributed by atoms with Crippen molar-refractivity contribution >= 4 is 22.6 Å². The molecule has 1 atom stereocenters. The van der Waals surface area contributed by atoms with Gasteiger partial charge in [-0.15, -0.1) is 0 Å². The van der Waals surface area contributed by atoms with E-state index in [1.165, 1.54) is 16.4 Å². The van der Waals surface area contributed by atoms with E-state index in [2.05, 4.69) is 42.5 Å². The number of aliphatic hydroxyl groups excluding tert-OH is 1. The summed E-state index contributed by atoms with van der Waals surface area (Å²) in [6.45, 7) is 4.92. The molecule has 0 bridgehead atoms. The van der Waals surface area contributed by atoms with E-state index in [0.717, 1.165) is 6.42 Å². The monoisotopic (exact) mass is 280 g/mol. The Morgan fingerprint density at radius 2 is 2.33 bits per heavy atom. The van der Waals surface area contributed by atoms with Crippen molar-refractivity contribution in [2.45, 2.75) is 33.1 Å². The maximum Gasteiger partial charge on any atom is 0.0437 e. The number of halogens is 1. The van der Waals surface area contributed by atoms with E-state index >= 15 is 0 Å². The molecule has 0 saturated heterocycles. The highest BCUT2D eigenvalue weighted by atomic mass is 127. The lowest BCUT2D eigenvalue weighted by molar-refractivity contribution is 0.173. The van der Waals surface area contributed by atoms with Gasteiger partial charge in [-0.1, -0.05) is 19.9 Å². The minimum Gasteiger partial charge on any atom is -0.396 e. The Kier molecular flexibility index (Phi) is 3.58. The fourth-order valence-corrected chi connectivity index (χ4v) is 3.40. The number of rotatable bonds is 2. The van der Waals surface area contributed by atoms with E-state index in [-0.39, 0.29) is 0 Å². The molecule has 0 unspecified atom stereocenters. The average molecular weight is 280 g/mol. The van der Waals surface area contributed by atoms with Gasteiger partial charge in [0.1, 0.15) is 0 Å². The highest BCUT2D eigenvalue weighted by molar-refractivity contribution is 14.1. The van der Waals surface area contributed by atoms with Crippen LogP contribution in [-0.4, -0.2) is 11.7 Å². The van der Waals surface area contributed by atoms with Gasteiger partial charge in [0.25, 0.3) is 0 Å². The fourth-order valence-electron chi connectivity index (χ4n) is 1.93. The van der Waals surface area contributed by atoms with Gasteiger partial charge < -0.3 is 5.11 Å². The second-order valence-electron chi connectivity index (χ2n) is 4.18. The zero-order valence-electron chi connectivity index (χ0n) is 7.81. The molecule has 70 valence electrons. The smallest absolute Gasteiger partial charge is 0.0437 e. The highest BCUT2D eigenvalue weighted by Gasteiger charge is 2.32. The lowest BCUT2D eigenvalue weighted by Crippen LogP contribution is -2.27. The molecule has 1 nitrogen and oxygen atoms in total. The van der Waals surface area contributed by atoms with Crippen molar-refractivity contribution < 1.29 is 5.11 Å². The zero-order chi connectivity index (χ0) is 9.19. The van der Waals surface area contributed by atoms with Crippen LogP contribution in [0.1, 0.15) is 33.1 Å². The first-order valence-corrected chi connectivity index (χ1v) is 5.62. The van der Waals surface area contributed by atoms with Crippen molar-refractivity contribution in [3.63, 3.8) is 0 Å². The second kappa shape index (κ2) is 4.09. The lowest BCUT2D eigenvalue weighted by Gasteiger charge is -2.37. The summed E-state index contributed by atoms with van der Waals surface area (Å²) in [5, 5.41) is 8.94. The van der Waals surface area contributed by atoms with Gasteiger partial charge in [0.05, 0.1) is 0 Å². The van der Waals surface area contributed by atoms with Crippen LogP contribution in [0, 0.1) is 11.3 Å². The number of hydrogen-bond donors (Lipinski definition) is 1. The van der Waals surface area contributed by atoms with Crippen LogP contribution >= 0.6 is 22.6 Å². The van der Waals surface area contributed by atoms with Gasteiger partial charge in [-0.05, 0) is 56.8 Å². The molecule has 0 spiro atoms. The van der Waals surface area contributed by atoms with Crippen molar-refractivity contribution in [2.75, 3.05) is 6.61 Å². The summed E-state index contributed by atoms with van der Waals surface area (Å²) in [6.07, 6.45) is 5.69. The molecule has 0 saturated carbocycles. The minimum absolute atomic E-state index is 0.314. The Hall–Kier alpha value is 0.430. The quantitative estimate of drug-likeness (QED) is 0.770. The first kappa shape index (κ1) is 10.5. The van der Waals surface area contributed by atoms with Crippen LogP contribution in [0.4, 0.5) is 0 Å². The molecular weight excluding hydrogens is 263 g/mol. The topological polar surface area (TPSA) is 20.2 Å². The normalized spacial score (nSPS) is 28.3. The zero-order valence-corrected chi connectivity index (χ0v) is 9.97. The highest BCUT2D eigenvalue weighted by Crippen LogP contribution is 2.44. The van der Waals surface area contributed by atoms with Crippen molar-refractivity contribution in [1.82, 2.24) is 0 Å². The number of hydrogen-bond acceptors (Lipinski definition) is 1. The van der Waals surface area contributed by atoms with Crippen molar-refractivity contribution in [3.8, 4) is 0 Å². The largest absolute Gasteiger partial charge is 0.396 e. The minimum atomic E-state index is 0.314. The third kappa shape index (κ3) is 2.22. The van der Waals surface area contributed by atoms with Gasteiger partial charge in [0.2, 0.25) is 0 Å². The van der Waals surface area contributed by atoms with Crippen LogP contribution in [0.3, 0.4) is 0 Å². The molecule has 0 aliphatic heterocycles. The predicted octanol–water partition coefficient (Wildman–Crippen LogP) is 3.12. The molecule has 1 aliphatic carbocycles. The van der Waals surface area contributed by atoms with Crippen LogP contribution in [-0.2, 0) is 0 Å². The summed E-state index contributed by atoms with van der Waals surface area (Å²) < 4.78 is 1.44. The Labute approximate surface area is 88.4 Å². The van der Waals surface area contributed by atoms with Gasteiger partial charge in [-0.3, -0.25) is 0 Å². The fraction of sp³-hybridized carbons (Fsp3) is 0.800. The van der Waals surface area contributed by atoms with Gasteiger partial charge in [0.15, 0.2) is 0 Å². The third-order valence-corrected chi connectivity index (χ3v) is 4.01. The first-order valence-electron chi connectivity index (χ1n) is 4.54. The van der Waals surface area contributed by atoms with Crippen molar-refractivity contribution in [3.05, 3.63) is 9.66 Å². The third-order valence-electron chi connectivity index (χ3n) is 2.82. The molecule has 1 rings (SSSR count). The van der Waals surface area contributed by atoms with Gasteiger partial charge in [-0.2, -0.15) is 0 Å². The Bertz CT molecular complexity index is 184. The van der Waals surface area contributed by atoms with E-state index in [1.807, 2.05) is 0 Å². The summed E-state index contributed by atoms with van der Waals surface area (Å²) in [7, 11) is 0. The maximum absolute atomic E-state index is 8.94. The summed E-state index contributed by atoms with van der Waals surface area (Å²) >= 11 is 2.42. The van der Waals surface area contributed by atoms with E-state index in [4.69, 9.17) is 5.11 Å². The maximum atomic E-state index is 8.94. The molecule has 1 N–H and O–H groups in total. The molecule has 0 heterocycles. The molecule has 0 aromatic heterocycles. The van der Waals surface area contributed by atoms with E-state index in [1.54, 1.807) is 0 Å². The molecule has 2 heteroatoms. The van der Waals surface area contributed by atoms with Gasteiger partial charge in [-0.25, -0.2) is 0 Å². The second-order valence-corrected chi connectivity index (χ2v) is 5.43. The van der Waals surface area contributed by atoms with E-state index in [0.29, 0.717) is 17.9 Å². The van der Waals surface area contributed by atoms with Crippen molar-refractivity contribution in [2.24, 2.45) is 11.3 Å². The first-order chi connectivity index (χ1) is 5.58. The summed E-state index contributed by atoms with van der Waals surface area (Å²) in [4.78, 5) is 0. The molecule has 0 aromatic carbocycles. The van der Waals surface area contributed by atoms with Crippen LogP contribution in [0.25, 0.3) is 0 Å². The predicted molar refractivity (Wildman–Crippen MR) is 60.3 cm³/mol. The molecule has 1 aliphatic rings. The molecule has 0 fully saturated rings. The van der Waals surface area contributed by atoms with Crippen LogP contribution in [0.2, 0.25) is 0 Å². The Morgan fingerprint density at radius 3 is 2.83 bits per heavy atom. The van der Waals surface area contributed by atoms with E-state index < -0.39 is 0 Å².